The van der Waals surface area contributed by atoms with Gasteiger partial charge in [-0.15, -0.1) is 0 Å². The van der Waals surface area contributed by atoms with Gasteiger partial charge in [0.2, 0.25) is 0 Å². The van der Waals surface area contributed by atoms with Gasteiger partial charge in [-0.3, -0.25) is 0 Å². The van der Waals surface area contributed by atoms with E-state index in [1.807, 2.05) is 6.92 Å². The summed E-state index contributed by atoms with van der Waals surface area (Å²) in [6.07, 6.45) is 0.572. The van der Waals surface area contributed by atoms with E-state index in [0.717, 1.165) is 0 Å². The molecule has 100 valence electrons. The molecular formula is C12H15ClFNO2S. The summed E-state index contributed by atoms with van der Waals surface area (Å²) in [7, 11) is -2.95. The highest BCUT2D eigenvalue weighted by Gasteiger charge is 2.37. The van der Waals surface area contributed by atoms with Gasteiger partial charge in [-0.05, 0) is 37.1 Å². The quantitative estimate of drug-likeness (QED) is 0.928. The Morgan fingerprint density at radius 2 is 2.22 bits per heavy atom. The van der Waals surface area contributed by atoms with Gasteiger partial charge >= 0.3 is 0 Å². The predicted octanol–water partition coefficient (Wildman–Crippen LogP) is 2.15. The lowest BCUT2D eigenvalue weighted by molar-refractivity contribution is 0.395. The Kier molecular flexibility index (Phi) is 3.67. The molecule has 1 aliphatic rings. The lowest BCUT2D eigenvalue weighted by Gasteiger charge is -2.24. The summed E-state index contributed by atoms with van der Waals surface area (Å²) in [6, 6.07) is 4.16. The van der Waals surface area contributed by atoms with Crippen molar-refractivity contribution in [2.75, 3.05) is 11.5 Å². The number of nitrogens with one attached hydrogen (secondary N) is 1. The van der Waals surface area contributed by atoms with Crippen LogP contribution in [0, 0.1) is 5.82 Å². The second-order valence-electron chi connectivity index (χ2n) is 4.99. The van der Waals surface area contributed by atoms with Crippen LogP contribution >= 0.6 is 11.6 Å². The summed E-state index contributed by atoms with van der Waals surface area (Å²) < 4.78 is 36.0. The molecule has 0 aliphatic carbocycles. The molecule has 18 heavy (non-hydrogen) atoms. The summed E-state index contributed by atoms with van der Waals surface area (Å²) in [5, 5.41) is 3.65. The van der Waals surface area contributed by atoms with Gasteiger partial charge in [0.05, 0.1) is 11.5 Å². The maximum atomic E-state index is 13.1. The van der Waals surface area contributed by atoms with Crippen LogP contribution in [0.4, 0.5) is 4.39 Å². The molecule has 0 saturated carbocycles. The topological polar surface area (TPSA) is 46.2 Å². The lowest BCUT2D eigenvalue weighted by atomic mass is 10.0. The van der Waals surface area contributed by atoms with E-state index in [1.54, 1.807) is 0 Å². The SMILES string of the molecule is CC1(NCc2cc(F)ccc2Cl)CCS(=O)(=O)C1. The first-order valence-corrected chi connectivity index (χ1v) is 7.89. The standard InChI is InChI=1S/C12H15ClFNO2S/c1-12(4-5-18(16,17)8-12)15-7-9-6-10(14)2-3-11(9)13/h2-3,6,15H,4-5,7-8H2,1H3. The van der Waals surface area contributed by atoms with Gasteiger partial charge in [-0.25, -0.2) is 12.8 Å². The van der Waals surface area contributed by atoms with Crippen LogP contribution in [0.25, 0.3) is 0 Å². The number of sulfone groups is 1. The van der Waals surface area contributed by atoms with Crippen molar-refractivity contribution in [3.05, 3.63) is 34.6 Å². The summed E-state index contributed by atoms with van der Waals surface area (Å²) in [4.78, 5) is 0. The first-order valence-electron chi connectivity index (χ1n) is 5.69. The molecule has 0 radical (unpaired) electrons. The minimum Gasteiger partial charge on any atom is -0.306 e. The fourth-order valence-corrected chi connectivity index (χ4v) is 4.44. The largest absolute Gasteiger partial charge is 0.306 e. The molecule has 1 aromatic carbocycles. The molecule has 1 heterocycles. The maximum absolute atomic E-state index is 13.1. The molecule has 0 aromatic heterocycles. The van der Waals surface area contributed by atoms with Crippen LogP contribution in [0.5, 0.6) is 0 Å². The van der Waals surface area contributed by atoms with E-state index in [2.05, 4.69) is 5.32 Å². The molecule has 1 aromatic rings. The molecule has 0 amide bonds. The van der Waals surface area contributed by atoms with Gasteiger partial charge in [0, 0.05) is 17.1 Å². The highest BCUT2D eigenvalue weighted by atomic mass is 35.5. The normalized spacial score (nSPS) is 26.4. The zero-order chi connectivity index (χ0) is 13.4. The zero-order valence-electron chi connectivity index (χ0n) is 10.0. The summed E-state index contributed by atoms with van der Waals surface area (Å²) in [6.45, 7) is 2.23. The molecule has 1 unspecified atom stereocenters. The van der Waals surface area contributed by atoms with Gasteiger partial charge in [-0.1, -0.05) is 11.6 Å². The first kappa shape index (κ1) is 13.8. The molecule has 3 nitrogen and oxygen atoms in total. The van der Waals surface area contributed by atoms with Crippen molar-refractivity contribution in [1.29, 1.82) is 0 Å². The average Bonchev–Trinajstić information content (AvgIpc) is 2.55. The van der Waals surface area contributed by atoms with Crippen molar-refractivity contribution in [2.45, 2.75) is 25.4 Å². The smallest absolute Gasteiger partial charge is 0.152 e. The summed E-state index contributed by atoms with van der Waals surface area (Å²) in [5.41, 5.74) is 0.191. The Morgan fingerprint density at radius 1 is 1.50 bits per heavy atom. The molecule has 0 spiro atoms. The highest BCUT2D eigenvalue weighted by Crippen LogP contribution is 2.24. The fraction of sp³-hybridized carbons (Fsp3) is 0.500. The van der Waals surface area contributed by atoms with Crippen molar-refractivity contribution in [3.63, 3.8) is 0 Å². The number of hydrogen-bond donors (Lipinski definition) is 1. The third-order valence-electron chi connectivity index (χ3n) is 3.22. The van der Waals surface area contributed by atoms with E-state index >= 15 is 0 Å². The molecule has 1 aliphatic heterocycles. The Labute approximate surface area is 111 Å². The number of hydrogen-bond acceptors (Lipinski definition) is 3. The molecule has 6 heteroatoms. The van der Waals surface area contributed by atoms with Crippen molar-refractivity contribution >= 4 is 21.4 Å². The molecule has 2 rings (SSSR count). The summed E-state index contributed by atoms with van der Waals surface area (Å²) in [5.74, 6) is -0.0271. The Balaban J connectivity index is 2.06. The minimum absolute atomic E-state index is 0.118. The van der Waals surface area contributed by atoms with Gasteiger partial charge in [-0.2, -0.15) is 0 Å². The summed E-state index contributed by atoms with van der Waals surface area (Å²) >= 11 is 5.96. The second-order valence-corrected chi connectivity index (χ2v) is 7.58. The molecule has 1 atom stereocenters. The van der Waals surface area contributed by atoms with Crippen molar-refractivity contribution in [1.82, 2.24) is 5.32 Å². The lowest BCUT2D eigenvalue weighted by Crippen LogP contribution is -2.42. The second kappa shape index (κ2) is 4.79. The van der Waals surface area contributed by atoms with Gasteiger partial charge in [0.1, 0.15) is 5.82 Å². The number of halogens is 2. The molecule has 0 bridgehead atoms. The third-order valence-corrected chi connectivity index (χ3v) is 5.49. The average molecular weight is 292 g/mol. The van der Waals surface area contributed by atoms with E-state index in [9.17, 15) is 12.8 Å². The highest BCUT2D eigenvalue weighted by molar-refractivity contribution is 7.91. The van der Waals surface area contributed by atoms with Crippen molar-refractivity contribution in [3.8, 4) is 0 Å². The van der Waals surface area contributed by atoms with Gasteiger partial charge < -0.3 is 5.32 Å². The van der Waals surface area contributed by atoms with Crippen LogP contribution < -0.4 is 5.32 Å². The van der Waals surface area contributed by atoms with Crippen LogP contribution in [0.2, 0.25) is 5.02 Å². The molecule has 1 fully saturated rings. The Morgan fingerprint density at radius 3 is 2.83 bits per heavy atom. The van der Waals surface area contributed by atoms with E-state index in [4.69, 9.17) is 11.6 Å². The minimum atomic E-state index is -2.95. The molecule has 1 saturated heterocycles. The van der Waals surface area contributed by atoms with E-state index in [0.29, 0.717) is 23.6 Å². The number of benzene rings is 1. The monoisotopic (exact) mass is 291 g/mol. The van der Waals surface area contributed by atoms with E-state index < -0.39 is 15.4 Å². The van der Waals surface area contributed by atoms with Crippen LogP contribution in [-0.2, 0) is 16.4 Å². The molecular weight excluding hydrogens is 277 g/mol. The Hall–Kier alpha value is -0.650. The van der Waals surface area contributed by atoms with Crippen molar-refractivity contribution in [2.24, 2.45) is 0 Å². The maximum Gasteiger partial charge on any atom is 0.152 e. The fourth-order valence-electron chi connectivity index (χ4n) is 2.14. The molecule has 1 N–H and O–H groups in total. The van der Waals surface area contributed by atoms with E-state index in [-0.39, 0.29) is 17.3 Å². The van der Waals surface area contributed by atoms with Crippen LogP contribution in [-0.4, -0.2) is 25.5 Å². The van der Waals surface area contributed by atoms with E-state index in [1.165, 1.54) is 18.2 Å². The van der Waals surface area contributed by atoms with Crippen LogP contribution in [0.1, 0.15) is 18.9 Å². The third kappa shape index (κ3) is 3.22. The zero-order valence-corrected chi connectivity index (χ0v) is 11.6. The first-order chi connectivity index (χ1) is 8.30. The predicted molar refractivity (Wildman–Crippen MR) is 69.9 cm³/mol. The van der Waals surface area contributed by atoms with Crippen LogP contribution in [0.15, 0.2) is 18.2 Å². The van der Waals surface area contributed by atoms with Gasteiger partial charge in [0.15, 0.2) is 9.84 Å². The van der Waals surface area contributed by atoms with Crippen molar-refractivity contribution < 1.29 is 12.8 Å². The van der Waals surface area contributed by atoms with Gasteiger partial charge in [0.25, 0.3) is 0 Å². The Bertz CT molecular complexity index is 561. The number of rotatable bonds is 3. The van der Waals surface area contributed by atoms with Crippen LogP contribution in [0.3, 0.4) is 0 Å².